The molecule has 1 N–H and O–H groups in total. The molecule has 1 aliphatic carbocycles. The van der Waals surface area contributed by atoms with Crippen LogP contribution >= 0.6 is 0 Å². The minimum absolute atomic E-state index is 0.106. The van der Waals surface area contributed by atoms with Crippen molar-refractivity contribution in [2.45, 2.75) is 87.9 Å². The number of ether oxygens (including phenoxy) is 1. The van der Waals surface area contributed by atoms with E-state index in [2.05, 4.69) is 22.2 Å². The van der Waals surface area contributed by atoms with Crippen molar-refractivity contribution >= 4 is 5.91 Å². The number of hydrogen-bond donors (Lipinski definition) is 1. The molecule has 0 aromatic heterocycles. The topological polar surface area (TPSA) is 44.8 Å². The summed E-state index contributed by atoms with van der Waals surface area (Å²) in [6.45, 7) is 3.63. The van der Waals surface area contributed by atoms with Crippen LogP contribution in [0.1, 0.15) is 64.2 Å². The van der Waals surface area contributed by atoms with Crippen molar-refractivity contribution in [3.05, 3.63) is 0 Å². The Labute approximate surface area is 152 Å². The molecule has 0 aromatic carbocycles. The standard InChI is InChI=1S/C20H35N3O2/c1-22-17-5-4-6-18(22)14-16(13-17)21-19(24)15-20(7-2-3-8-20)23-9-11-25-12-10-23/h16-18H,2-15H2,1H3,(H,21,24). The number of nitrogens with zero attached hydrogens (tertiary/aromatic N) is 2. The predicted octanol–water partition coefficient (Wildman–Crippen LogP) is 2.15. The number of carbonyl (C=O) groups excluding carboxylic acids is 1. The van der Waals surface area contributed by atoms with E-state index >= 15 is 0 Å². The Morgan fingerprint density at radius 2 is 1.72 bits per heavy atom. The number of rotatable bonds is 4. The van der Waals surface area contributed by atoms with Gasteiger partial charge in [-0.05, 0) is 45.6 Å². The van der Waals surface area contributed by atoms with Crippen LogP contribution in [-0.2, 0) is 9.53 Å². The summed E-state index contributed by atoms with van der Waals surface area (Å²) in [6, 6.07) is 1.75. The molecular weight excluding hydrogens is 314 g/mol. The molecule has 142 valence electrons. The maximum Gasteiger partial charge on any atom is 0.222 e. The van der Waals surface area contributed by atoms with Crippen LogP contribution in [0, 0.1) is 0 Å². The fourth-order valence-electron chi connectivity index (χ4n) is 5.99. The van der Waals surface area contributed by atoms with E-state index in [1.165, 1.54) is 44.9 Å². The van der Waals surface area contributed by atoms with Crippen LogP contribution in [0.15, 0.2) is 0 Å². The zero-order valence-electron chi connectivity index (χ0n) is 15.8. The smallest absolute Gasteiger partial charge is 0.222 e. The van der Waals surface area contributed by atoms with E-state index in [1.54, 1.807) is 0 Å². The summed E-state index contributed by atoms with van der Waals surface area (Å²) in [5.74, 6) is 0.293. The number of amides is 1. The first-order valence-electron chi connectivity index (χ1n) is 10.5. The largest absolute Gasteiger partial charge is 0.379 e. The molecule has 5 nitrogen and oxygen atoms in total. The van der Waals surface area contributed by atoms with Crippen LogP contribution in [-0.4, -0.2) is 72.7 Å². The Hall–Kier alpha value is -0.650. The molecule has 25 heavy (non-hydrogen) atoms. The van der Waals surface area contributed by atoms with Crippen molar-refractivity contribution in [1.82, 2.24) is 15.1 Å². The van der Waals surface area contributed by atoms with Crippen LogP contribution in [0.25, 0.3) is 0 Å². The third kappa shape index (κ3) is 3.74. The molecule has 3 heterocycles. The Morgan fingerprint density at radius 3 is 2.36 bits per heavy atom. The number of piperidine rings is 2. The monoisotopic (exact) mass is 349 g/mol. The van der Waals surface area contributed by atoms with Gasteiger partial charge in [0.25, 0.3) is 0 Å². The molecule has 2 atom stereocenters. The normalized spacial score (nSPS) is 36.3. The number of nitrogens with one attached hydrogen (secondary N) is 1. The summed E-state index contributed by atoms with van der Waals surface area (Å²) in [5, 5.41) is 3.44. The summed E-state index contributed by atoms with van der Waals surface area (Å²) in [4.78, 5) is 18.1. The Balaban J connectivity index is 1.36. The maximum atomic E-state index is 12.9. The summed E-state index contributed by atoms with van der Waals surface area (Å²) in [7, 11) is 2.28. The van der Waals surface area contributed by atoms with Gasteiger partial charge in [-0.2, -0.15) is 0 Å². The second-order valence-corrected chi connectivity index (χ2v) is 8.85. The predicted molar refractivity (Wildman–Crippen MR) is 98.6 cm³/mol. The van der Waals surface area contributed by atoms with Crippen LogP contribution < -0.4 is 5.32 Å². The minimum atomic E-state index is 0.106. The highest BCUT2D eigenvalue weighted by atomic mass is 16.5. The van der Waals surface area contributed by atoms with Crippen molar-refractivity contribution in [1.29, 1.82) is 0 Å². The van der Waals surface area contributed by atoms with Gasteiger partial charge in [-0.3, -0.25) is 9.69 Å². The third-order valence-corrected chi connectivity index (χ3v) is 7.41. The molecule has 0 aromatic rings. The van der Waals surface area contributed by atoms with Gasteiger partial charge in [-0.15, -0.1) is 0 Å². The van der Waals surface area contributed by atoms with Crippen molar-refractivity contribution in [3.8, 4) is 0 Å². The second kappa shape index (κ2) is 7.53. The van der Waals surface area contributed by atoms with Crippen molar-refractivity contribution in [2.75, 3.05) is 33.4 Å². The lowest BCUT2D eigenvalue weighted by Crippen LogP contribution is -2.57. The first-order chi connectivity index (χ1) is 12.2. The molecule has 1 amide bonds. The van der Waals surface area contributed by atoms with Gasteiger partial charge >= 0.3 is 0 Å². The molecule has 3 aliphatic heterocycles. The van der Waals surface area contributed by atoms with Gasteiger partial charge in [0.1, 0.15) is 0 Å². The molecule has 4 rings (SSSR count). The summed E-state index contributed by atoms with van der Waals surface area (Å²) in [5.41, 5.74) is 0.106. The van der Waals surface area contributed by atoms with E-state index in [0.717, 1.165) is 39.1 Å². The summed E-state index contributed by atoms with van der Waals surface area (Å²) in [6.07, 6.45) is 11.8. The molecule has 0 radical (unpaired) electrons. The molecule has 2 unspecified atom stereocenters. The fourth-order valence-corrected chi connectivity index (χ4v) is 5.99. The van der Waals surface area contributed by atoms with E-state index in [9.17, 15) is 4.79 Å². The van der Waals surface area contributed by atoms with Gasteiger partial charge in [0.15, 0.2) is 0 Å². The number of hydrogen-bond acceptors (Lipinski definition) is 4. The molecule has 2 bridgehead atoms. The van der Waals surface area contributed by atoms with Crippen LogP contribution in [0.2, 0.25) is 0 Å². The Bertz CT molecular complexity index is 458. The highest BCUT2D eigenvalue weighted by molar-refractivity contribution is 5.77. The van der Waals surface area contributed by atoms with E-state index < -0.39 is 0 Å². The van der Waals surface area contributed by atoms with Gasteiger partial charge in [-0.1, -0.05) is 19.3 Å². The first kappa shape index (κ1) is 17.7. The van der Waals surface area contributed by atoms with Gasteiger partial charge in [0.05, 0.1) is 13.2 Å². The maximum absolute atomic E-state index is 12.9. The van der Waals surface area contributed by atoms with Crippen molar-refractivity contribution in [2.24, 2.45) is 0 Å². The Kier molecular flexibility index (Phi) is 5.35. The molecule has 1 saturated carbocycles. The van der Waals surface area contributed by atoms with E-state index in [1.807, 2.05) is 0 Å². The molecule has 0 spiro atoms. The zero-order valence-corrected chi connectivity index (χ0v) is 15.8. The second-order valence-electron chi connectivity index (χ2n) is 8.85. The van der Waals surface area contributed by atoms with Crippen molar-refractivity contribution in [3.63, 3.8) is 0 Å². The van der Waals surface area contributed by atoms with E-state index in [4.69, 9.17) is 4.74 Å². The highest BCUT2D eigenvalue weighted by Crippen LogP contribution is 2.39. The quantitative estimate of drug-likeness (QED) is 0.845. The van der Waals surface area contributed by atoms with E-state index in [0.29, 0.717) is 30.5 Å². The molecule has 5 heteroatoms. The summed E-state index contributed by atoms with van der Waals surface area (Å²) >= 11 is 0. The number of fused-ring (bicyclic) bond motifs is 2. The molecule has 4 fully saturated rings. The lowest BCUT2D eigenvalue weighted by atomic mass is 9.82. The number of morpholine rings is 1. The van der Waals surface area contributed by atoms with Crippen LogP contribution in [0.3, 0.4) is 0 Å². The third-order valence-electron chi connectivity index (χ3n) is 7.41. The lowest BCUT2D eigenvalue weighted by molar-refractivity contribution is -0.127. The van der Waals surface area contributed by atoms with Gasteiger partial charge < -0.3 is 15.0 Å². The van der Waals surface area contributed by atoms with Crippen LogP contribution in [0.4, 0.5) is 0 Å². The van der Waals surface area contributed by atoms with Crippen LogP contribution in [0.5, 0.6) is 0 Å². The SMILES string of the molecule is CN1C2CCCC1CC(NC(=O)CC1(N3CCOCC3)CCCC1)C2. The zero-order chi connectivity index (χ0) is 17.3. The van der Waals surface area contributed by atoms with Gasteiger partial charge in [0.2, 0.25) is 5.91 Å². The average molecular weight is 350 g/mol. The fraction of sp³-hybridized carbons (Fsp3) is 0.950. The van der Waals surface area contributed by atoms with Gasteiger partial charge in [-0.25, -0.2) is 0 Å². The summed E-state index contributed by atoms with van der Waals surface area (Å²) < 4.78 is 5.54. The number of carbonyl (C=O) groups is 1. The highest BCUT2D eigenvalue weighted by Gasteiger charge is 2.43. The van der Waals surface area contributed by atoms with E-state index in [-0.39, 0.29) is 5.54 Å². The average Bonchev–Trinajstić information content (AvgIpc) is 3.06. The first-order valence-corrected chi connectivity index (χ1v) is 10.5. The van der Waals surface area contributed by atoms with Gasteiger partial charge in [0, 0.05) is 43.2 Å². The Morgan fingerprint density at radius 1 is 1.08 bits per heavy atom. The lowest BCUT2D eigenvalue weighted by Gasteiger charge is -2.47. The molecular formula is C20H35N3O2. The molecule has 4 aliphatic rings. The molecule has 3 saturated heterocycles. The van der Waals surface area contributed by atoms with Crippen molar-refractivity contribution < 1.29 is 9.53 Å². The minimum Gasteiger partial charge on any atom is -0.379 e.